The lowest BCUT2D eigenvalue weighted by molar-refractivity contribution is -0.128. The van der Waals surface area contributed by atoms with E-state index < -0.39 is 47.7 Å². The lowest BCUT2D eigenvalue weighted by Crippen LogP contribution is -2.58. The van der Waals surface area contributed by atoms with E-state index in [0.29, 0.717) is 12.0 Å². The molecule has 0 saturated heterocycles. The fourth-order valence-electron chi connectivity index (χ4n) is 3.72. The van der Waals surface area contributed by atoms with Crippen molar-refractivity contribution in [3.63, 3.8) is 0 Å². The average Bonchev–Trinajstić information content (AvgIpc) is 3.28. The molecule has 0 aliphatic rings. The van der Waals surface area contributed by atoms with Crippen LogP contribution in [0.3, 0.4) is 0 Å². The SMILES string of the molecule is CC[C@H](N)C(=O)NNC(=O)N[C@@H](Cc1c[nH]c2ccccc12)C(=O)N[C@@H](Cc1cccc(F)c1)C(N)=O. The maximum absolute atomic E-state index is 13.6. The lowest BCUT2D eigenvalue weighted by Gasteiger charge is -2.22. The van der Waals surface area contributed by atoms with Crippen LogP contribution in [-0.4, -0.2) is 46.9 Å². The molecule has 12 heteroatoms. The summed E-state index contributed by atoms with van der Waals surface area (Å²) in [5, 5.41) is 5.90. The van der Waals surface area contributed by atoms with Crippen molar-refractivity contribution in [3.05, 3.63) is 71.7 Å². The summed E-state index contributed by atoms with van der Waals surface area (Å²) in [6, 6.07) is 8.99. The molecule has 2 aromatic carbocycles. The molecule has 196 valence electrons. The molecule has 1 aromatic heterocycles. The van der Waals surface area contributed by atoms with Crippen LogP contribution in [0.25, 0.3) is 10.9 Å². The van der Waals surface area contributed by atoms with E-state index in [-0.39, 0.29) is 12.8 Å². The van der Waals surface area contributed by atoms with Crippen molar-refractivity contribution >= 4 is 34.7 Å². The average molecular weight is 512 g/mol. The van der Waals surface area contributed by atoms with Crippen LogP contribution >= 0.6 is 0 Å². The van der Waals surface area contributed by atoms with Gasteiger partial charge >= 0.3 is 6.03 Å². The molecule has 1 heterocycles. The maximum atomic E-state index is 13.6. The molecule has 0 bridgehead atoms. The van der Waals surface area contributed by atoms with E-state index in [2.05, 4.69) is 26.5 Å². The summed E-state index contributed by atoms with van der Waals surface area (Å²) in [7, 11) is 0. The lowest BCUT2D eigenvalue weighted by atomic mass is 10.0. The molecular weight excluding hydrogens is 481 g/mol. The Morgan fingerprint density at radius 1 is 0.946 bits per heavy atom. The first-order valence-electron chi connectivity index (χ1n) is 11.7. The number of nitrogens with one attached hydrogen (secondary N) is 5. The van der Waals surface area contributed by atoms with Gasteiger partial charge in [0.25, 0.3) is 5.91 Å². The molecule has 5 amide bonds. The van der Waals surface area contributed by atoms with E-state index in [1.165, 1.54) is 18.2 Å². The van der Waals surface area contributed by atoms with Crippen LogP contribution < -0.4 is 33.0 Å². The van der Waals surface area contributed by atoms with Crippen molar-refractivity contribution in [2.45, 2.75) is 44.3 Å². The highest BCUT2D eigenvalue weighted by molar-refractivity contribution is 5.93. The first-order chi connectivity index (χ1) is 17.7. The summed E-state index contributed by atoms with van der Waals surface area (Å²) in [4.78, 5) is 52.8. The summed E-state index contributed by atoms with van der Waals surface area (Å²) >= 11 is 0. The van der Waals surface area contributed by atoms with Crippen molar-refractivity contribution < 1.29 is 23.6 Å². The quantitative estimate of drug-likeness (QED) is 0.195. The minimum Gasteiger partial charge on any atom is -0.368 e. The van der Waals surface area contributed by atoms with Gasteiger partial charge in [-0.15, -0.1) is 0 Å². The van der Waals surface area contributed by atoms with Crippen LogP contribution in [-0.2, 0) is 27.2 Å². The Morgan fingerprint density at radius 3 is 2.41 bits per heavy atom. The molecule has 3 atom stereocenters. The number of para-hydroxylation sites is 1. The normalized spacial score (nSPS) is 13.3. The van der Waals surface area contributed by atoms with Crippen molar-refractivity contribution in [1.29, 1.82) is 0 Å². The van der Waals surface area contributed by atoms with Crippen LogP contribution in [0.1, 0.15) is 24.5 Å². The number of rotatable bonds is 10. The van der Waals surface area contributed by atoms with Crippen molar-refractivity contribution in [2.75, 3.05) is 0 Å². The van der Waals surface area contributed by atoms with E-state index in [4.69, 9.17) is 11.5 Å². The van der Waals surface area contributed by atoms with Gasteiger partial charge in [0.05, 0.1) is 6.04 Å². The van der Waals surface area contributed by atoms with Crippen molar-refractivity contribution in [2.24, 2.45) is 11.5 Å². The Hall–Kier alpha value is -4.45. The molecule has 0 saturated carbocycles. The van der Waals surface area contributed by atoms with E-state index in [1.54, 1.807) is 19.2 Å². The number of aromatic nitrogens is 1. The third-order valence-corrected chi connectivity index (χ3v) is 5.79. The largest absolute Gasteiger partial charge is 0.368 e. The maximum Gasteiger partial charge on any atom is 0.334 e. The first kappa shape index (κ1) is 27.1. The molecule has 3 aromatic rings. The van der Waals surface area contributed by atoms with E-state index in [0.717, 1.165) is 16.5 Å². The number of hydrazine groups is 1. The van der Waals surface area contributed by atoms with E-state index >= 15 is 0 Å². The van der Waals surface area contributed by atoms with Crippen LogP contribution in [0.4, 0.5) is 9.18 Å². The molecule has 3 rings (SSSR count). The van der Waals surface area contributed by atoms with Gasteiger partial charge in [-0.2, -0.15) is 0 Å². The molecule has 11 nitrogen and oxygen atoms in total. The third kappa shape index (κ3) is 7.51. The van der Waals surface area contributed by atoms with Crippen molar-refractivity contribution in [1.82, 2.24) is 26.5 Å². The number of carbonyl (C=O) groups excluding carboxylic acids is 4. The number of carbonyl (C=O) groups is 4. The standard InChI is InChI=1S/C25H30FN7O4/c1-2-18(27)23(35)32-33-25(37)31-21(12-15-13-29-19-9-4-3-8-17(15)19)24(36)30-20(22(28)34)11-14-6-5-7-16(26)10-14/h3-10,13,18,20-21,29H,2,11-12,27H2,1H3,(H2,28,34)(H,30,36)(H,32,35)(H2,31,33,37)/t18-,20-,21-/m0/s1. The zero-order valence-corrected chi connectivity index (χ0v) is 20.2. The first-order valence-corrected chi connectivity index (χ1v) is 11.7. The number of hydrogen-bond donors (Lipinski definition) is 7. The minimum atomic E-state index is -1.16. The molecule has 0 spiro atoms. The number of benzene rings is 2. The van der Waals surface area contributed by atoms with Gasteiger partial charge in [-0.3, -0.25) is 19.8 Å². The van der Waals surface area contributed by atoms with Crippen molar-refractivity contribution in [3.8, 4) is 0 Å². The zero-order chi connectivity index (χ0) is 26.9. The van der Waals surface area contributed by atoms with Crippen LogP contribution in [0.5, 0.6) is 0 Å². The number of nitrogens with two attached hydrogens (primary N) is 2. The van der Waals surface area contributed by atoms with Gasteiger partial charge in [0.2, 0.25) is 11.8 Å². The number of aromatic amines is 1. The Labute approximate surface area is 212 Å². The monoisotopic (exact) mass is 511 g/mol. The second kappa shape index (κ2) is 12.5. The molecular formula is C25H30FN7O4. The molecule has 0 aliphatic heterocycles. The van der Waals surface area contributed by atoms with Gasteiger partial charge in [-0.05, 0) is 35.7 Å². The van der Waals surface area contributed by atoms with Gasteiger partial charge in [-0.25, -0.2) is 14.6 Å². The Morgan fingerprint density at radius 2 is 1.70 bits per heavy atom. The molecule has 0 radical (unpaired) electrons. The Kier molecular flexibility index (Phi) is 9.16. The molecule has 37 heavy (non-hydrogen) atoms. The highest BCUT2D eigenvalue weighted by Crippen LogP contribution is 2.19. The molecule has 0 unspecified atom stereocenters. The Bertz CT molecular complexity index is 1280. The molecule has 0 fully saturated rings. The predicted molar refractivity (Wildman–Crippen MR) is 135 cm³/mol. The number of halogens is 1. The summed E-state index contributed by atoms with van der Waals surface area (Å²) < 4.78 is 13.6. The van der Waals surface area contributed by atoms with Gasteiger partial charge in [-0.1, -0.05) is 37.3 Å². The highest BCUT2D eigenvalue weighted by Gasteiger charge is 2.27. The number of primary amides is 1. The number of amides is 5. The summed E-state index contributed by atoms with van der Waals surface area (Å²) in [5.74, 6) is -2.61. The van der Waals surface area contributed by atoms with E-state index in [9.17, 15) is 23.6 Å². The summed E-state index contributed by atoms with van der Waals surface area (Å²) in [5.41, 5.74) is 17.5. The van der Waals surface area contributed by atoms with Crippen LogP contribution in [0, 0.1) is 5.82 Å². The number of hydrogen-bond acceptors (Lipinski definition) is 5. The predicted octanol–water partition coefficient (Wildman–Crippen LogP) is 0.499. The minimum absolute atomic E-state index is 0.0458. The number of urea groups is 1. The Balaban J connectivity index is 1.77. The smallest absolute Gasteiger partial charge is 0.334 e. The van der Waals surface area contributed by atoms with Gasteiger partial charge in [0.15, 0.2) is 0 Å². The third-order valence-electron chi connectivity index (χ3n) is 5.79. The topological polar surface area (TPSA) is 184 Å². The van der Waals surface area contributed by atoms with Gasteiger partial charge < -0.3 is 27.1 Å². The zero-order valence-electron chi connectivity index (χ0n) is 20.2. The highest BCUT2D eigenvalue weighted by atomic mass is 19.1. The summed E-state index contributed by atoms with van der Waals surface area (Å²) in [6.45, 7) is 1.71. The fourth-order valence-corrected chi connectivity index (χ4v) is 3.72. The molecule has 0 aliphatic carbocycles. The number of H-pyrrole nitrogens is 1. The second-order valence-corrected chi connectivity index (χ2v) is 8.52. The van der Waals surface area contributed by atoms with E-state index in [1.807, 2.05) is 24.3 Å². The fraction of sp³-hybridized carbons (Fsp3) is 0.280. The van der Waals surface area contributed by atoms with Gasteiger partial charge in [0, 0.05) is 29.9 Å². The van der Waals surface area contributed by atoms with Gasteiger partial charge in [0.1, 0.15) is 17.9 Å². The summed E-state index contributed by atoms with van der Waals surface area (Å²) in [6.07, 6.45) is 2.08. The molecule has 9 N–H and O–H groups in total. The van der Waals surface area contributed by atoms with Crippen LogP contribution in [0.15, 0.2) is 54.7 Å². The number of fused-ring (bicyclic) bond motifs is 1. The van der Waals surface area contributed by atoms with Crippen LogP contribution in [0.2, 0.25) is 0 Å². The second-order valence-electron chi connectivity index (χ2n) is 8.52.